The van der Waals surface area contributed by atoms with Gasteiger partial charge in [0.05, 0.1) is 17.7 Å². The first kappa shape index (κ1) is 17.4. The lowest BCUT2D eigenvalue weighted by atomic mass is 10.1. The first-order valence-corrected chi connectivity index (χ1v) is 8.01. The number of rotatable bonds is 5. The number of furan rings is 1. The van der Waals surface area contributed by atoms with Gasteiger partial charge in [-0.2, -0.15) is 0 Å². The largest absolute Gasteiger partial charge is 0.462 e. The summed E-state index contributed by atoms with van der Waals surface area (Å²) in [6, 6.07) is 15.5. The predicted molar refractivity (Wildman–Crippen MR) is 94.5 cm³/mol. The summed E-state index contributed by atoms with van der Waals surface area (Å²) in [4.78, 5) is 23.9. The van der Waals surface area contributed by atoms with Gasteiger partial charge in [-0.25, -0.2) is 9.18 Å². The molecule has 0 saturated heterocycles. The van der Waals surface area contributed by atoms with Crippen molar-refractivity contribution in [3.8, 4) is 11.3 Å². The number of nitrogens with one attached hydrogen (secondary N) is 1. The van der Waals surface area contributed by atoms with Crippen molar-refractivity contribution in [1.29, 1.82) is 0 Å². The lowest BCUT2D eigenvalue weighted by Crippen LogP contribution is -2.11. The molecule has 0 radical (unpaired) electrons. The zero-order chi connectivity index (χ0) is 18.5. The van der Waals surface area contributed by atoms with Crippen molar-refractivity contribution < 1.29 is 23.1 Å². The number of hydrogen-bond donors (Lipinski definition) is 1. The van der Waals surface area contributed by atoms with Gasteiger partial charge in [-0.15, -0.1) is 0 Å². The molecular formula is C20H16FNO4. The number of amides is 1. The van der Waals surface area contributed by atoms with Crippen LogP contribution in [0, 0.1) is 5.82 Å². The van der Waals surface area contributed by atoms with Gasteiger partial charge in [-0.1, -0.05) is 12.1 Å². The number of carbonyl (C=O) groups excluding carboxylic acids is 2. The minimum Gasteiger partial charge on any atom is -0.462 e. The molecule has 0 aliphatic carbocycles. The van der Waals surface area contributed by atoms with Gasteiger partial charge in [-0.05, 0) is 55.5 Å². The molecule has 1 amide bonds. The summed E-state index contributed by atoms with van der Waals surface area (Å²) in [6.45, 7) is 2.02. The molecular weight excluding hydrogens is 337 g/mol. The average molecular weight is 353 g/mol. The highest BCUT2D eigenvalue weighted by molar-refractivity contribution is 6.02. The van der Waals surface area contributed by atoms with Gasteiger partial charge in [-0.3, -0.25) is 4.79 Å². The number of halogens is 1. The highest BCUT2D eigenvalue weighted by Crippen LogP contribution is 2.25. The average Bonchev–Trinajstić information content (AvgIpc) is 3.13. The van der Waals surface area contributed by atoms with Crippen molar-refractivity contribution in [2.45, 2.75) is 6.92 Å². The molecule has 0 atom stereocenters. The van der Waals surface area contributed by atoms with Crippen LogP contribution < -0.4 is 5.32 Å². The summed E-state index contributed by atoms with van der Waals surface area (Å²) in [6.07, 6.45) is 0. The zero-order valence-electron chi connectivity index (χ0n) is 14.0. The zero-order valence-corrected chi connectivity index (χ0v) is 14.0. The minimum absolute atomic E-state index is 0.0534. The van der Waals surface area contributed by atoms with Crippen molar-refractivity contribution in [2.75, 3.05) is 11.9 Å². The fourth-order valence-corrected chi connectivity index (χ4v) is 2.36. The quantitative estimate of drug-likeness (QED) is 0.685. The van der Waals surface area contributed by atoms with Crippen LogP contribution in [0.25, 0.3) is 11.3 Å². The Labute approximate surface area is 149 Å². The lowest BCUT2D eigenvalue weighted by Gasteiger charge is -2.05. The summed E-state index contributed by atoms with van der Waals surface area (Å²) in [7, 11) is 0. The van der Waals surface area contributed by atoms with Crippen LogP contribution in [0.15, 0.2) is 65.1 Å². The standard InChI is InChI=1S/C20H16FNO4/c1-2-25-20(24)13-7-9-14(10-8-13)22-19(23)18-12-11-17(26-18)15-5-3-4-6-16(15)21/h3-12H,2H2,1H3,(H,22,23). The molecule has 0 unspecified atom stereocenters. The monoisotopic (exact) mass is 353 g/mol. The molecule has 26 heavy (non-hydrogen) atoms. The lowest BCUT2D eigenvalue weighted by molar-refractivity contribution is 0.0526. The number of esters is 1. The predicted octanol–water partition coefficient (Wildman–Crippen LogP) is 4.51. The molecule has 0 spiro atoms. The third-order valence-corrected chi connectivity index (χ3v) is 3.62. The van der Waals surface area contributed by atoms with Crippen LogP contribution in [0.1, 0.15) is 27.8 Å². The Morgan fingerprint density at radius 2 is 1.77 bits per heavy atom. The smallest absolute Gasteiger partial charge is 0.338 e. The second-order valence-electron chi connectivity index (χ2n) is 5.40. The first-order chi connectivity index (χ1) is 12.6. The molecule has 132 valence electrons. The second kappa shape index (κ2) is 7.65. The molecule has 0 bridgehead atoms. The van der Waals surface area contributed by atoms with Gasteiger partial charge < -0.3 is 14.5 Å². The van der Waals surface area contributed by atoms with E-state index in [1.54, 1.807) is 49.4 Å². The topological polar surface area (TPSA) is 68.5 Å². The van der Waals surface area contributed by atoms with E-state index in [0.29, 0.717) is 17.9 Å². The summed E-state index contributed by atoms with van der Waals surface area (Å²) >= 11 is 0. The van der Waals surface area contributed by atoms with E-state index in [0.717, 1.165) is 0 Å². The molecule has 0 fully saturated rings. The molecule has 0 aliphatic heterocycles. The molecule has 2 aromatic carbocycles. The maximum atomic E-state index is 13.8. The van der Waals surface area contributed by atoms with Gasteiger partial charge in [0.1, 0.15) is 11.6 Å². The fourth-order valence-electron chi connectivity index (χ4n) is 2.36. The molecule has 5 nitrogen and oxygen atoms in total. The molecule has 3 rings (SSSR count). The SMILES string of the molecule is CCOC(=O)c1ccc(NC(=O)c2ccc(-c3ccccc3F)o2)cc1. The summed E-state index contributed by atoms with van der Waals surface area (Å²) < 4.78 is 24.1. The van der Waals surface area contributed by atoms with E-state index in [4.69, 9.17) is 9.15 Å². The van der Waals surface area contributed by atoms with Gasteiger partial charge in [0.15, 0.2) is 5.76 Å². The Hall–Kier alpha value is -3.41. The normalized spacial score (nSPS) is 10.4. The van der Waals surface area contributed by atoms with Crippen LogP contribution in [0.5, 0.6) is 0 Å². The van der Waals surface area contributed by atoms with E-state index in [2.05, 4.69) is 5.32 Å². The van der Waals surface area contributed by atoms with Crippen molar-refractivity contribution in [3.05, 3.63) is 77.8 Å². The highest BCUT2D eigenvalue weighted by Gasteiger charge is 2.15. The van der Waals surface area contributed by atoms with E-state index < -0.39 is 17.7 Å². The Kier molecular flexibility index (Phi) is 5.12. The van der Waals surface area contributed by atoms with Gasteiger partial charge in [0, 0.05) is 5.69 Å². The van der Waals surface area contributed by atoms with Crippen molar-refractivity contribution in [3.63, 3.8) is 0 Å². The van der Waals surface area contributed by atoms with E-state index in [-0.39, 0.29) is 17.1 Å². The molecule has 6 heteroatoms. The summed E-state index contributed by atoms with van der Waals surface area (Å²) in [5, 5.41) is 2.66. The van der Waals surface area contributed by atoms with E-state index in [9.17, 15) is 14.0 Å². The minimum atomic E-state index is -0.475. The first-order valence-electron chi connectivity index (χ1n) is 8.01. The molecule has 1 aromatic heterocycles. The Balaban J connectivity index is 1.71. The van der Waals surface area contributed by atoms with Crippen LogP contribution in [0.3, 0.4) is 0 Å². The molecule has 1 heterocycles. The van der Waals surface area contributed by atoms with Crippen LogP contribution in [-0.4, -0.2) is 18.5 Å². The van der Waals surface area contributed by atoms with Gasteiger partial charge in [0.2, 0.25) is 0 Å². The Bertz CT molecular complexity index is 931. The molecule has 1 N–H and O–H groups in total. The number of ether oxygens (including phenoxy) is 1. The third kappa shape index (κ3) is 3.80. The summed E-state index contributed by atoms with van der Waals surface area (Å²) in [5.41, 5.74) is 1.17. The van der Waals surface area contributed by atoms with E-state index >= 15 is 0 Å². The van der Waals surface area contributed by atoms with Crippen molar-refractivity contribution >= 4 is 17.6 Å². The van der Waals surface area contributed by atoms with Crippen LogP contribution in [0.2, 0.25) is 0 Å². The highest BCUT2D eigenvalue weighted by atomic mass is 19.1. The number of anilines is 1. The van der Waals surface area contributed by atoms with Crippen LogP contribution >= 0.6 is 0 Å². The summed E-state index contributed by atoms with van der Waals surface area (Å²) in [5.74, 6) is -1.01. The molecule has 0 saturated carbocycles. The Morgan fingerprint density at radius 1 is 1.04 bits per heavy atom. The van der Waals surface area contributed by atoms with Crippen LogP contribution in [-0.2, 0) is 4.74 Å². The van der Waals surface area contributed by atoms with E-state index in [1.807, 2.05) is 0 Å². The third-order valence-electron chi connectivity index (χ3n) is 3.62. The number of benzene rings is 2. The van der Waals surface area contributed by atoms with Crippen molar-refractivity contribution in [2.24, 2.45) is 0 Å². The number of carbonyl (C=O) groups is 2. The molecule has 3 aromatic rings. The van der Waals surface area contributed by atoms with Crippen LogP contribution in [0.4, 0.5) is 10.1 Å². The fraction of sp³-hybridized carbons (Fsp3) is 0.100. The van der Waals surface area contributed by atoms with Gasteiger partial charge >= 0.3 is 5.97 Å². The second-order valence-corrected chi connectivity index (χ2v) is 5.40. The maximum Gasteiger partial charge on any atom is 0.338 e. The Morgan fingerprint density at radius 3 is 2.46 bits per heavy atom. The number of hydrogen-bond acceptors (Lipinski definition) is 4. The molecule has 0 aliphatic rings. The van der Waals surface area contributed by atoms with E-state index in [1.165, 1.54) is 18.2 Å². The van der Waals surface area contributed by atoms with Crippen molar-refractivity contribution in [1.82, 2.24) is 0 Å². The maximum absolute atomic E-state index is 13.8. The van der Waals surface area contributed by atoms with Gasteiger partial charge in [0.25, 0.3) is 5.91 Å².